The predicted molar refractivity (Wildman–Crippen MR) is 78.7 cm³/mol. The summed E-state index contributed by atoms with van der Waals surface area (Å²) in [6, 6.07) is 3.78. The minimum absolute atomic E-state index is 0.188. The summed E-state index contributed by atoms with van der Waals surface area (Å²) in [6.45, 7) is 0.188. The summed E-state index contributed by atoms with van der Waals surface area (Å²) < 4.78 is 26.9. The third kappa shape index (κ3) is 4.59. The summed E-state index contributed by atoms with van der Waals surface area (Å²) in [7, 11) is -3.92. The molecule has 0 fully saturated rings. The molecule has 8 heteroatoms. The predicted octanol–water partition coefficient (Wildman–Crippen LogP) is 2.44. The molecule has 0 aliphatic rings. The number of benzene rings is 1. The van der Waals surface area contributed by atoms with Crippen LogP contribution in [0.1, 0.15) is 19.3 Å². The van der Waals surface area contributed by atoms with Gasteiger partial charge in [0.15, 0.2) is 4.90 Å². The van der Waals surface area contributed by atoms with E-state index in [-0.39, 0.29) is 11.4 Å². The number of hydrogen-bond acceptors (Lipinski definition) is 4. The first-order valence-corrected chi connectivity index (χ1v) is 8.03. The molecule has 1 aromatic rings. The fourth-order valence-electron chi connectivity index (χ4n) is 1.49. The van der Waals surface area contributed by atoms with Crippen LogP contribution in [0.5, 0.6) is 0 Å². The molecular formula is C12H13BrN2O4S. The van der Waals surface area contributed by atoms with Crippen LogP contribution in [0.15, 0.2) is 27.6 Å². The molecule has 0 aliphatic carbocycles. The van der Waals surface area contributed by atoms with Gasteiger partial charge in [0, 0.05) is 23.5 Å². The van der Waals surface area contributed by atoms with Crippen molar-refractivity contribution in [1.29, 1.82) is 0 Å². The Labute approximate surface area is 125 Å². The normalized spacial score (nSPS) is 11.0. The van der Waals surface area contributed by atoms with Crippen molar-refractivity contribution in [2.45, 2.75) is 24.2 Å². The highest BCUT2D eigenvalue weighted by atomic mass is 79.9. The molecule has 1 aromatic carbocycles. The Morgan fingerprint density at radius 2 is 2.10 bits per heavy atom. The number of hydrogen-bond donors (Lipinski definition) is 1. The van der Waals surface area contributed by atoms with Crippen molar-refractivity contribution in [3.8, 4) is 12.3 Å². The van der Waals surface area contributed by atoms with Gasteiger partial charge >= 0.3 is 0 Å². The summed E-state index contributed by atoms with van der Waals surface area (Å²) in [5.74, 6) is 2.46. The Balaban J connectivity index is 2.89. The number of nitrogens with zero attached hydrogens (tertiary/aromatic N) is 1. The van der Waals surface area contributed by atoms with E-state index in [0.717, 1.165) is 6.07 Å². The summed E-state index contributed by atoms with van der Waals surface area (Å²) in [5, 5.41) is 10.9. The summed E-state index contributed by atoms with van der Waals surface area (Å²) in [5.41, 5.74) is -0.454. The van der Waals surface area contributed by atoms with Crippen molar-refractivity contribution in [3.63, 3.8) is 0 Å². The van der Waals surface area contributed by atoms with Gasteiger partial charge in [0.05, 0.1) is 4.92 Å². The summed E-state index contributed by atoms with van der Waals surface area (Å²) >= 11 is 3.10. The van der Waals surface area contributed by atoms with Gasteiger partial charge < -0.3 is 0 Å². The van der Waals surface area contributed by atoms with E-state index in [2.05, 4.69) is 26.6 Å². The second kappa shape index (κ2) is 7.38. The van der Waals surface area contributed by atoms with E-state index in [1.165, 1.54) is 12.1 Å². The molecule has 0 unspecified atom stereocenters. The van der Waals surface area contributed by atoms with Crippen LogP contribution in [0.25, 0.3) is 0 Å². The van der Waals surface area contributed by atoms with Crippen LogP contribution in [0, 0.1) is 22.5 Å². The van der Waals surface area contributed by atoms with Crippen LogP contribution in [-0.4, -0.2) is 19.9 Å². The van der Waals surface area contributed by atoms with Gasteiger partial charge in [-0.15, -0.1) is 12.3 Å². The molecule has 0 aromatic heterocycles. The number of halogens is 1. The molecule has 0 spiro atoms. The minimum Gasteiger partial charge on any atom is -0.258 e. The molecule has 20 heavy (non-hydrogen) atoms. The van der Waals surface area contributed by atoms with E-state index < -0.39 is 20.6 Å². The van der Waals surface area contributed by atoms with Gasteiger partial charge in [0.25, 0.3) is 5.69 Å². The number of nitro groups is 1. The van der Waals surface area contributed by atoms with Crippen molar-refractivity contribution in [2.75, 3.05) is 6.54 Å². The standard InChI is InChI=1S/C12H13BrN2O4S/c1-2-3-4-5-8-14-20(18,19)12-9-10(13)6-7-11(12)15(16)17/h1,6-7,9,14H,3-5,8H2. The molecule has 0 heterocycles. The second-order valence-electron chi connectivity index (χ2n) is 3.93. The van der Waals surface area contributed by atoms with Crippen LogP contribution in [0.4, 0.5) is 5.69 Å². The quantitative estimate of drug-likeness (QED) is 0.350. The van der Waals surface area contributed by atoms with Crippen molar-refractivity contribution in [2.24, 2.45) is 0 Å². The first-order valence-electron chi connectivity index (χ1n) is 5.75. The zero-order valence-corrected chi connectivity index (χ0v) is 12.9. The molecular weight excluding hydrogens is 348 g/mol. The van der Waals surface area contributed by atoms with Gasteiger partial charge in [-0.3, -0.25) is 10.1 Å². The van der Waals surface area contributed by atoms with Crippen molar-refractivity contribution < 1.29 is 13.3 Å². The van der Waals surface area contributed by atoms with Gasteiger partial charge in [-0.2, -0.15) is 0 Å². The van der Waals surface area contributed by atoms with Crippen LogP contribution >= 0.6 is 15.9 Å². The number of terminal acetylenes is 1. The first-order chi connectivity index (χ1) is 9.38. The Kier molecular flexibility index (Phi) is 6.13. The summed E-state index contributed by atoms with van der Waals surface area (Å²) in [6.07, 6.45) is 6.93. The average molecular weight is 361 g/mol. The SMILES string of the molecule is C#CCCCCNS(=O)(=O)c1cc(Br)ccc1[N+](=O)[O-]. The van der Waals surface area contributed by atoms with Gasteiger partial charge in [-0.1, -0.05) is 15.9 Å². The van der Waals surface area contributed by atoms with E-state index in [0.29, 0.717) is 23.7 Å². The maximum absolute atomic E-state index is 12.1. The van der Waals surface area contributed by atoms with Crippen molar-refractivity contribution in [1.82, 2.24) is 4.72 Å². The largest absolute Gasteiger partial charge is 0.289 e. The fraction of sp³-hybridized carbons (Fsp3) is 0.333. The topological polar surface area (TPSA) is 89.3 Å². The van der Waals surface area contributed by atoms with E-state index in [1.54, 1.807) is 0 Å². The zero-order valence-electron chi connectivity index (χ0n) is 10.5. The molecule has 0 atom stereocenters. The van der Waals surface area contributed by atoms with E-state index in [9.17, 15) is 18.5 Å². The van der Waals surface area contributed by atoms with Crippen LogP contribution in [-0.2, 0) is 10.0 Å². The molecule has 0 bridgehead atoms. The van der Waals surface area contributed by atoms with Gasteiger partial charge in [0.1, 0.15) is 0 Å². The van der Waals surface area contributed by atoms with E-state index in [1.807, 2.05) is 0 Å². The lowest BCUT2D eigenvalue weighted by atomic mass is 10.2. The molecule has 0 radical (unpaired) electrons. The Hall–Kier alpha value is -1.43. The smallest absolute Gasteiger partial charge is 0.258 e. The summed E-state index contributed by atoms with van der Waals surface area (Å²) in [4.78, 5) is 9.79. The minimum atomic E-state index is -3.92. The molecule has 6 nitrogen and oxygen atoms in total. The molecule has 0 amide bonds. The number of sulfonamides is 1. The molecule has 0 saturated carbocycles. The first kappa shape index (κ1) is 16.6. The average Bonchev–Trinajstić information content (AvgIpc) is 2.38. The monoisotopic (exact) mass is 360 g/mol. The van der Waals surface area contributed by atoms with Crippen LogP contribution in [0.3, 0.4) is 0 Å². The van der Waals surface area contributed by atoms with E-state index in [4.69, 9.17) is 6.42 Å². The van der Waals surface area contributed by atoms with Crippen molar-refractivity contribution >= 4 is 31.6 Å². The third-order valence-electron chi connectivity index (χ3n) is 2.45. The van der Waals surface area contributed by atoms with Gasteiger partial charge in [0.2, 0.25) is 10.0 Å². The molecule has 1 rings (SSSR count). The maximum Gasteiger partial charge on any atom is 0.289 e. The highest BCUT2D eigenvalue weighted by Crippen LogP contribution is 2.26. The maximum atomic E-state index is 12.1. The lowest BCUT2D eigenvalue weighted by Gasteiger charge is -2.07. The Morgan fingerprint density at radius 3 is 2.70 bits per heavy atom. The highest BCUT2D eigenvalue weighted by molar-refractivity contribution is 9.10. The molecule has 0 aliphatic heterocycles. The van der Waals surface area contributed by atoms with Crippen LogP contribution < -0.4 is 4.72 Å². The number of rotatable bonds is 7. The number of nitrogens with one attached hydrogen (secondary N) is 1. The Morgan fingerprint density at radius 1 is 1.40 bits per heavy atom. The number of unbranched alkanes of at least 4 members (excludes halogenated alkanes) is 2. The lowest BCUT2D eigenvalue weighted by Crippen LogP contribution is -2.25. The lowest BCUT2D eigenvalue weighted by molar-refractivity contribution is -0.387. The highest BCUT2D eigenvalue weighted by Gasteiger charge is 2.25. The number of nitro benzene ring substituents is 1. The van der Waals surface area contributed by atoms with Gasteiger partial charge in [-0.05, 0) is 25.0 Å². The molecule has 108 valence electrons. The zero-order chi connectivity index (χ0) is 15.2. The molecule has 0 saturated heterocycles. The Bertz CT molecular complexity index is 637. The van der Waals surface area contributed by atoms with E-state index >= 15 is 0 Å². The fourth-order valence-corrected chi connectivity index (χ4v) is 3.27. The van der Waals surface area contributed by atoms with Crippen LogP contribution in [0.2, 0.25) is 0 Å². The third-order valence-corrected chi connectivity index (χ3v) is 4.43. The molecule has 1 N–H and O–H groups in total. The van der Waals surface area contributed by atoms with Crippen molar-refractivity contribution in [3.05, 3.63) is 32.8 Å². The second-order valence-corrected chi connectivity index (χ2v) is 6.58. The van der Waals surface area contributed by atoms with Gasteiger partial charge in [-0.25, -0.2) is 13.1 Å².